The van der Waals surface area contributed by atoms with Crippen molar-refractivity contribution in [1.29, 1.82) is 0 Å². The molecule has 3 atom stereocenters. The van der Waals surface area contributed by atoms with Crippen LogP contribution >= 0.6 is 0 Å². The van der Waals surface area contributed by atoms with Crippen molar-refractivity contribution in [3.05, 3.63) is 0 Å². The lowest BCUT2D eigenvalue weighted by atomic mass is 10.2. The van der Waals surface area contributed by atoms with E-state index < -0.39 is 0 Å². The minimum absolute atomic E-state index is 0.800. The predicted molar refractivity (Wildman–Crippen MR) is 51.3 cm³/mol. The van der Waals surface area contributed by atoms with E-state index in [1.165, 1.54) is 25.9 Å². The number of likely N-dealkylation sites (N-methyl/N-ethyl adjacent to an activating group) is 1. The predicted octanol–water partition coefficient (Wildman–Crippen LogP) is 1.17. The molecule has 0 radical (unpaired) electrons. The molecular weight excluding hydrogens is 148 g/mol. The highest BCUT2D eigenvalue weighted by Crippen LogP contribution is 2.31. The third-order valence-electron chi connectivity index (χ3n) is 3.71. The van der Waals surface area contributed by atoms with E-state index in [9.17, 15) is 0 Å². The molecule has 0 aromatic carbocycles. The normalized spacial score (nSPS) is 39.2. The Hall–Kier alpha value is -0.0800. The summed E-state index contributed by atoms with van der Waals surface area (Å²) in [6.45, 7) is 7.27. The highest BCUT2D eigenvalue weighted by atomic mass is 15.3. The van der Waals surface area contributed by atoms with E-state index in [0.717, 1.165) is 18.1 Å². The molecule has 2 aliphatic rings. The molecule has 2 nitrogen and oxygen atoms in total. The van der Waals surface area contributed by atoms with Crippen LogP contribution in [0.3, 0.4) is 0 Å². The van der Waals surface area contributed by atoms with E-state index in [4.69, 9.17) is 0 Å². The first kappa shape index (κ1) is 8.52. The average molecular weight is 168 g/mol. The molecule has 2 aliphatic heterocycles. The molecule has 70 valence electrons. The molecule has 0 amide bonds. The quantitative estimate of drug-likeness (QED) is 0.611. The smallest absolute Gasteiger partial charge is 0.0242 e. The first-order valence-electron chi connectivity index (χ1n) is 5.18. The van der Waals surface area contributed by atoms with Crippen LogP contribution in [0.4, 0.5) is 0 Å². The Bertz CT molecular complexity index is 167. The van der Waals surface area contributed by atoms with E-state index in [1.807, 2.05) is 0 Å². The van der Waals surface area contributed by atoms with Crippen molar-refractivity contribution < 1.29 is 0 Å². The number of hydrogen-bond donors (Lipinski definition) is 0. The standard InChI is InChI=1S/C10H20N2/c1-4-8(2)12-7-9-5-10(12)6-11(9)3/h8-10H,4-7H2,1-3H3/t8?,9?,10-/m1/s1. The molecule has 0 aromatic heterocycles. The summed E-state index contributed by atoms with van der Waals surface area (Å²) in [6, 6.07) is 2.53. The summed E-state index contributed by atoms with van der Waals surface area (Å²) in [5.41, 5.74) is 0. The first-order chi connectivity index (χ1) is 5.72. The zero-order valence-corrected chi connectivity index (χ0v) is 8.45. The van der Waals surface area contributed by atoms with Gasteiger partial charge in [0, 0.05) is 31.2 Å². The average Bonchev–Trinajstić information content (AvgIpc) is 2.60. The fraction of sp³-hybridized carbons (Fsp3) is 1.00. The van der Waals surface area contributed by atoms with Gasteiger partial charge < -0.3 is 4.90 Å². The number of hydrogen-bond acceptors (Lipinski definition) is 2. The van der Waals surface area contributed by atoms with Gasteiger partial charge in [-0.2, -0.15) is 0 Å². The summed E-state index contributed by atoms with van der Waals surface area (Å²) in [4.78, 5) is 5.22. The second kappa shape index (κ2) is 3.00. The molecule has 0 saturated carbocycles. The molecule has 2 rings (SSSR count). The molecule has 0 spiro atoms. The van der Waals surface area contributed by atoms with Gasteiger partial charge in [-0.25, -0.2) is 0 Å². The van der Waals surface area contributed by atoms with Crippen molar-refractivity contribution in [1.82, 2.24) is 9.80 Å². The summed E-state index contributed by atoms with van der Waals surface area (Å²) in [5, 5.41) is 0. The Labute approximate surface area is 75.5 Å². The number of fused-ring (bicyclic) bond motifs is 2. The van der Waals surface area contributed by atoms with Gasteiger partial charge in [0.15, 0.2) is 0 Å². The number of rotatable bonds is 2. The third-order valence-corrected chi connectivity index (χ3v) is 3.71. The molecule has 12 heavy (non-hydrogen) atoms. The first-order valence-corrected chi connectivity index (χ1v) is 5.18. The lowest BCUT2D eigenvalue weighted by Crippen LogP contribution is -2.48. The lowest BCUT2D eigenvalue weighted by molar-refractivity contribution is 0.112. The Kier molecular flexibility index (Phi) is 2.13. The van der Waals surface area contributed by atoms with Gasteiger partial charge >= 0.3 is 0 Å². The van der Waals surface area contributed by atoms with Crippen LogP contribution in [0, 0.1) is 0 Å². The van der Waals surface area contributed by atoms with Crippen LogP contribution in [-0.2, 0) is 0 Å². The molecule has 2 saturated heterocycles. The number of nitrogens with zero attached hydrogens (tertiary/aromatic N) is 2. The summed E-state index contributed by atoms with van der Waals surface area (Å²) < 4.78 is 0. The van der Waals surface area contributed by atoms with Crippen molar-refractivity contribution in [3.63, 3.8) is 0 Å². The highest BCUT2D eigenvalue weighted by Gasteiger charge is 2.42. The maximum absolute atomic E-state index is 2.70. The van der Waals surface area contributed by atoms with Gasteiger partial charge in [0.05, 0.1) is 0 Å². The minimum atomic E-state index is 0.800. The van der Waals surface area contributed by atoms with Gasteiger partial charge in [0.2, 0.25) is 0 Å². The second-order valence-electron chi connectivity index (χ2n) is 4.44. The van der Waals surface area contributed by atoms with E-state index in [2.05, 4.69) is 30.7 Å². The molecule has 0 N–H and O–H groups in total. The summed E-state index contributed by atoms with van der Waals surface area (Å²) >= 11 is 0. The third kappa shape index (κ3) is 1.17. The van der Waals surface area contributed by atoms with Crippen LogP contribution < -0.4 is 0 Å². The zero-order chi connectivity index (χ0) is 8.72. The number of likely N-dealkylation sites (tertiary alicyclic amines) is 2. The van der Waals surface area contributed by atoms with Gasteiger partial charge in [0.1, 0.15) is 0 Å². The van der Waals surface area contributed by atoms with Crippen LogP contribution in [0.15, 0.2) is 0 Å². The Morgan fingerprint density at radius 3 is 2.50 bits per heavy atom. The van der Waals surface area contributed by atoms with Crippen molar-refractivity contribution in [2.24, 2.45) is 0 Å². The van der Waals surface area contributed by atoms with Crippen molar-refractivity contribution >= 4 is 0 Å². The molecule has 2 fully saturated rings. The van der Waals surface area contributed by atoms with Crippen molar-refractivity contribution in [2.45, 2.75) is 44.8 Å². The van der Waals surface area contributed by atoms with Crippen LogP contribution in [0.1, 0.15) is 26.7 Å². The molecular formula is C10H20N2. The largest absolute Gasteiger partial charge is 0.301 e. The second-order valence-corrected chi connectivity index (χ2v) is 4.44. The fourth-order valence-electron chi connectivity index (χ4n) is 2.67. The summed E-state index contributed by atoms with van der Waals surface area (Å²) in [5.74, 6) is 0. The molecule has 2 unspecified atom stereocenters. The maximum Gasteiger partial charge on any atom is 0.0242 e. The van der Waals surface area contributed by atoms with E-state index in [1.54, 1.807) is 0 Å². The van der Waals surface area contributed by atoms with Gasteiger partial charge in [-0.3, -0.25) is 4.90 Å². The monoisotopic (exact) mass is 168 g/mol. The van der Waals surface area contributed by atoms with Gasteiger partial charge in [-0.05, 0) is 26.8 Å². The van der Waals surface area contributed by atoms with Gasteiger partial charge in [-0.1, -0.05) is 6.92 Å². The van der Waals surface area contributed by atoms with Gasteiger partial charge in [0.25, 0.3) is 0 Å². The highest BCUT2D eigenvalue weighted by molar-refractivity contribution is 4.99. The van der Waals surface area contributed by atoms with E-state index in [-0.39, 0.29) is 0 Å². The molecule has 0 aliphatic carbocycles. The Balaban J connectivity index is 1.98. The fourth-order valence-corrected chi connectivity index (χ4v) is 2.67. The summed E-state index contributed by atoms with van der Waals surface area (Å²) in [6.07, 6.45) is 2.72. The minimum Gasteiger partial charge on any atom is -0.301 e. The molecule has 2 heteroatoms. The van der Waals surface area contributed by atoms with E-state index >= 15 is 0 Å². The Morgan fingerprint density at radius 1 is 1.33 bits per heavy atom. The summed E-state index contributed by atoms with van der Waals surface area (Å²) in [7, 11) is 2.26. The Morgan fingerprint density at radius 2 is 2.08 bits per heavy atom. The van der Waals surface area contributed by atoms with E-state index in [0.29, 0.717) is 0 Å². The molecule has 2 heterocycles. The SMILES string of the molecule is CCC(C)N1CC2C[C@@H]1CN2C. The lowest BCUT2D eigenvalue weighted by Gasteiger charge is -2.35. The van der Waals surface area contributed by atoms with Gasteiger partial charge in [-0.15, -0.1) is 0 Å². The van der Waals surface area contributed by atoms with Crippen LogP contribution in [0.5, 0.6) is 0 Å². The maximum atomic E-state index is 2.70. The molecule has 0 aromatic rings. The zero-order valence-electron chi connectivity index (χ0n) is 8.45. The molecule has 2 bridgehead atoms. The van der Waals surface area contributed by atoms with Crippen LogP contribution in [0.25, 0.3) is 0 Å². The topological polar surface area (TPSA) is 6.48 Å². The van der Waals surface area contributed by atoms with Crippen molar-refractivity contribution in [3.8, 4) is 0 Å². The van der Waals surface area contributed by atoms with Crippen LogP contribution in [0.2, 0.25) is 0 Å². The van der Waals surface area contributed by atoms with Crippen molar-refractivity contribution in [2.75, 3.05) is 20.1 Å². The number of piperazine rings is 1. The van der Waals surface area contributed by atoms with Crippen LogP contribution in [-0.4, -0.2) is 48.1 Å².